The molecule has 7 heteroatoms. The van der Waals surface area contributed by atoms with Crippen molar-refractivity contribution in [3.05, 3.63) is 11.6 Å². The van der Waals surface area contributed by atoms with Crippen molar-refractivity contribution in [1.29, 1.82) is 0 Å². The van der Waals surface area contributed by atoms with E-state index in [0.717, 1.165) is 24.2 Å². The molecule has 1 aliphatic carbocycles. The van der Waals surface area contributed by atoms with Crippen LogP contribution >= 0.6 is 0 Å². The van der Waals surface area contributed by atoms with E-state index in [9.17, 15) is 14.4 Å². The predicted molar refractivity (Wildman–Crippen MR) is 88.0 cm³/mol. The number of carbonyl (C=O) groups is 3. The standard InChI is InChI=1S/C16H28N4O3/c1-19(2)15(22)12-20(3)11-14(21)18-16(23)17-10-9-13-7-5-4-6-8-13/h7H,4-6,8-12H2,1-3H3,(H2,17,18,21,23)/p+1. The molecule has 1 rings (SSSR count). The zero-order valence-electron chi connectivity index (χ0n) is 14.4. The largest absolute Gasteiger partial charge is 0.344 e. The minimum Gasteiger partial charge on any atom is -0.344 e. The first kappa shape index (κ1) is 19.2. The predicted octanol–water partition coefficient (Wildman–Crippen LogP) is -0.694. The summed E-state index contributed by atoms with van der Waals surface area (Å²) < 4.78 is 0. The van der Waals surface area contributed by atoms with Gasteiger partial charge in [0, 0.05) is 20.6 Å². The van der Waals surface area contributed by atoms with Crippen LogP contribution in [0.5, 0.6) is 0 Å². The smallest absolute Gasteiger partial charge is 0.321 e. The van der Waals surface area contributed by atoms with Gasteiger partial charge >= 0.3 is 6.03 Å². The summed E-state index contributed by atoms with van der Waals surface area (Å²) in [5, 5.41) is 4.99. The number of urea groups is 1. The first-order valence-electron chi connectivity index (χ1n) is 8.15. The Morgan fingerprint density at radius 2 is 1.96 bits per heavy atom. The maximum absolute atomic E-state index is 11.8. The number of imide groups is 1. The van der Waals surface area contributed by atoms with Crippen molar-refractivity contribution in [3.63, 3.8) is 0 Å². The molecule has 0 spiro atoms. The minimum absolute atomic E-state index is 0.0551. The third-order valence-corrected chi connectivity index (χ3v) is 3.78. The lowest BCUT2D eigenvalue weighted by Crippen LogP contribution is -3.11. The van der Waals surface area contributed by atoms with Gasteiger partial charge in [0.1, 0.15) is 0 Å². The third-order valence-electron chi connectivity index (χ3n) is 3.78. The van der Waals surface area contributed by atoms with Crippen LogP contribution in [0.4, 0.5) is 4.79 Å². The molecule has 0 radical (unpaired) electrons. The maximum atomic E-state index is 11.8. The molecule has 4 amide bonds. The van der Waals surface area contributed by atoms with Gasteiger partial charge in [-0.25, -0.2) is 4.79 Å². The Morgan fingerprint density at radius 3 is 2.57 bits per heavy atom. The van der Waals surface area contributed by atoms with Gasteiger partial charge in [-0.05, 0) is 32.1 Å². The van der Waals surface area contributed by atoms with E-state index in [2.05, 4.69) is 16.7 Å². The highest BCUT2D eigenvalue weighted by molar-refractivity contribution is 5.94. The van der Waals surface area contributed by atoms with Crippen LogP contribution in [0.25, 0.3) is 0 Å². The lowest BCUT2D eigenvalue weighted by atomic mass is 9.97. The van der Waals surface area contributed by atoms with Crippen molar-refractivity contribution in [2.45, 2.75) is 32.1 Å². The number of nitrogens with zero attached hydrogens (tertiary/aromatic N) is 1. The number of allylic oxidation sites excluding steroid dienone is 1. The highest BCUT2D eigenvalue weighted by atomic mass is 16.2. The third kappa shape index (κ3) is 8.35. The molecule has 1 aliphatic rings. The fourth-order valence-electron chi connectivity index (χ4n) is 2.44. The van der Waals surface area contributed by atoms with Crippen LogP contribution < -0.4 is 15.5 Å². The number of rotatable bonds is 7. The van der Waals surface area contributed by atoms with Crippen LogP contribution in [-0.4, -0.2) is 63.5 Å². The SMILES string of the molecule is CN(C)C(=O)C[NH+](C)CC(=O)NC(=O)NCCC1=CCCCC1. The number of likely N-dealkylation sites (N-methyl/N-ethyl adjacent to an activating group) is 2. The van der Waals surface area contributed by atoms with Crippen LogP contribution in [-0.2, 0) is 9.59 Å². The normalized spacial score (nSPS) is 15.3. The van der Waals surface area contributed by atoms with Gasteiger partial charge in [0.2, 0.25) is 0 Å². The van der Waals surface area contributed by atoms with Gasteiger partial charge in [0.05, 0.1) is 7.05 Å². The summed E-state index contributed by atoms with van der Waals surface area (Å²) in [6.45, 7) is 0.834. The molecule has 0 aromatic heterocycles. The number of hydrogen-bond donors (Lipinski definition) is 3. The molecule has 0 aromatic carbocycles. The Hall–Kier alpha value is -1.89. The molecule has 23 heavy (non-hydrogen) atoms. The van der Waals surface area contributed by atoms with Gasteiger partial charge in [0.25, 0.3) is 11.8 Å². The molecule has 3 N–H and O–H groups in total. The van der Waals surface area contributed by atoms with E-state index in [-0.39, 0.29) is 24.9 Å². The van der Waals surface area contributed by atoms with E-state index in [1.807, 2.05) is 0 Å². The molecule has 0 fully saturated rings. The van der Waals surface area contributed by atoms with Gasteiger partial charge < -0.3 is 15.1 Å². The summed E-state index contributed by atoms with van der Waals surface area (Å²) in [4.78, 5) is 37.2. The molecule has 7 nitrogen and oxygen atoms in total. The lowest BCUT2D eigenvalue weighted by molar-refractivity contribution is -0.862. The van der Waals surface area contributed by atoms with E-state index < -0.39 is 6.03 Å². The van der Waals surface area contributed by atoms with E-state index in [0.29, 0.717) is 6.54 Å². The Labute approximate surface area is 138 Å². The molecule has 0 aliphatic heterocycles. The first-order chi connectivity index (χ1) is 10.9. The van der Waals surface area contributed by atoms with Crippen LogP contribution in [0.3, 0.4) is 0 Å². The second-order valence-corrected chi connectivity index (χ2v) is 6.26. The Morgan fingerprint density at radius 1 is 1.22 bits per heavy atom. The molecule has 0 heterocycles. The highest BCUT2D eigenvalue weighted by Gasteiger charge is 2.16. The second kappa shape index (κ2) is 9.99. The van der Waals surface area contributed by atoms with Crippen molar-refractivity contribution in [3.8, 4) is 0 Å². The van der Waals surface area contributed by atoms with E-state index >= 15 is 0 Å². The summed E-state index contributed by atoms with van der Waals surface area (Å²) in [7, 11) is 5.09. The zero-order valence-corrected chi connectivity index (χ0v) is 14.4. The minimum atomic E-state index is -0.474. The van der Waals surface area contributed by atoms with Crippen molar-refractivity contribution in [2.75, 3.05) is 40.8 Å². The molecule has 1 unspecified atom stereocenters. The Kier molecular flexibility index (Phi) is 8.32. The molecular weight excluding hydrogens is 296 g/mol. The van der Waals surface area contributed by atoms with Crippen LogP contribution in [0, 0.1) is 0 Å². The molecule has 0 saturated carbocycles. The molecule has 1 atom stereocenters. The Bertz CT molecular complexity index is 460. The van der Waals surface area contributed by atoms with E-state index in [4.69, 9.17) is 0 Å². The van der Waals surface area contributed by atoms with Gasteiger partial charge in [-0.1, -0.05) is 11.6 Å². The molecule has 0 bridgehead atoms. The second-order valence-electron chi connectivity index (χ2n) is 6.26. The van der Waals surface area contributed by atoms with Gasteiger partial charge in [-0.3, -0.25) is 14.9 Å². The van der Waals surface area contributed by atoms with Crippen molar-refractivity contribution >= 4 is 17.8 Å². The van der Waals surface area contributed by atoms with Crippen LogP contribution in [0.15, 0.2) is 11.6 Å². The zero-order chi connectivity index (χ0) is 17.2. The summed E-state index contributed by atoms with van der Waals surface area (Å²) in [5.41, 5.74) is 1.38. The summed E-state index contributed by atoms with van der Waals surface area (Å²) in [5.74, 6) is -0.441. The van der Waals surface area contributed by atoms with Gasteiger partial charge in [-0.2, -0.15) is 0 Å². The lowest BCUT2D eigenvalue weighted by Gasteiger charge is -2.16. The average Bonchev–Trinajstić information content (AvgIpc) is 2.47. The van der Waals surface area contributed by atoms with Crippen molar-refractivity contribution < 1.29 is 19.3 Å². The average molecular weight is 325 g/mol. The van der Waals surface area contributed by atoms with E-state index in [1.165, 1.54) is 23.3 Å². The summed E-state index contributed by atoms with van der Waals surface area (Å²) >= 11 is 0. The number of nitrogens with one attached hydrogen (secondary N) is 3. The summed E-state index contributed by atoms with van der Waals surface area (Å²) in [6, 6.07) is -0.474. The van der Waals surface area contributed by atoms with Crippen molar-refractivity contribution in [1.82, 2.24) is 15.5 Å². The first-order valence-corrected chi connectivity index (χ1v) is 8.15. The number of carbonyl (C=O) groups excluding carboxylic acids is 3. The quantitative estimate of drug-likeness (QED) is 0.542. The Balaban J connectivity index is 2.18. The summed E-state index contributed by atoms with van der Waals surface area (Å²) in [6.07, 6.45) is 7.78. The van der Waals surface area contributed by atoms with E-state index in [1.54, 1.807) is 21.1 Å². The van der Waals surface area contributed by atoms with Crippen LogP contribution in [0.2, 0.25) is 0 Å². The fraction of sp³-hybridized carbons (Fsp3) is 0.688. The highest BCUT2D eigenvalue weighted by Crippen LogP contribution is 2.19. The maximum Gasteiger partial charge on any atom is 0.321 e. The van der Waals surface area contributed by atoms with Crippen molar-refractivity contribution in [2.24, 2.45) is 0 Å². The number of hydrogen-bond acceptors (Lipinski definition) is 3. The molecule has 130 valence electrons. The molecule has 0 aromatic rings. The molecular formula is C16H29N4O3+. The molecule has 0 saturated heterocycles. The monoisotopic (exact) mass is 325 g/mol. The fourth-order valence-corrected chi connectivity index (χ4v) is 2.44. The van der Waals surface area contributed by atoms with Crippen LogP contribution in [0.1, 0.15) is 32.1 Å². The topological polar surface area (TPSA) is 83.0 Å². The number of quaternary nitrogens is 1. The van der Waals surface area contributed by atoms with Gasteiger partial charge in [-0.15, -0.1) is 0 Å². The van der Waals surface area contributed by atoms with Gasteiger partial charge in [0.15, 0.2) is 13.1 Å². The number of amides is 4.